The van der Waals surface area contributed by atoms with Crippen molar-refractivity contribution in [1.29, 1.82) is 0 Å². The molecular formula is C31H26ClN3O5. The van der Waals surface area contributed by atoms with E-state index < -0.39 is 11.9 Å². The number of hydrogen-bond donors (Lipinski definition) is 2. The zero-order chi connectivity index (χ0) is 28.5. The van der Waals surface area contributed by atoms with Crippen molar-refractivity contribution in [3.8, 4) is 11.5 Å². The van der Waals surface area contributed by atoms with Crippen LogP contribution in [0, 0.1) is 6.92 Å². The van der Waals surface area contributed by atoms with Gasteiger partial charge in [-0.1, -0.05) is 35.4 Å². The lowest BCUT2D eigenvalue weighted by Crippen LogP contribution is -2.18. The highest BCUT2D eigenvalue weighted by molar-refractivity contribution is 6.30. The number of nitrogens with zero attached hydrogens (tertiary/aromatic N) is 1. The number of carbonyl (C=O) groups is 3. The normalized spacial score (nSPS) is 10.7. The number of benzene rings is 4. The Morgan fingerprint density at radius 3 is 2.27 bits per heavy atom. The van der Waals surface area contributed by atoms with Gasteiger partial charge in [0, 0.05) is 21.8 Å². The molecule has 0 aliphatic rings. The van der Waals surface area contributed by atoms with E-state index in [2.05, 4.69) is 15.8 Å². The molecule has 40 heavy (non-hydrogen) atoms. The van der Waals surface area contributed by atoms with E-state index in [-0.39, 0.29) is 11.7 Å². The van der Waals surface area contributed by atoms with Crippen LogP contribution in [0.25, 0.3) is 0 Å². The minimum absolute atomic E-state index is 0.270. The molecule has 4 aromatic rings. The number of carbonyl (C=O) groups excluding carboxylic acids is 3. The molecule has 0 unspecified atom stereocenters. The lowest BCUT2D eigenvalue weighted by molar-refractivity contribution is 0.0728. The molecular weight excluding hydrogens is 530 g/mol. The van der Waals surface area contributed by atoms with Crippen molar-refractivity contribution in [3.05, 3.63) is 124 Å². The Kier molecular flexibility index (Phi) is 9.27. The van der Waals surface area contributed by atoms with Crippen molar-refractivity contribution in [2.45, 2.75) is 13.8 Å². The summed E-state index contributed by atoms with van der Waals surface area (Å²) in [5.41, 5.74) is 5.74. The molecule has 0 aliphatic heterocycles. The number of hydrogen-bond acceptors (Lipinski definition) is 6. The van der Waals surface area contributed by atoms with Crippen LogP contribution in [0.4, 0.5) is 5.69 Å². The number of aryl methyl sites for hydroxylation is 1. The molecule has 0 saturated carbocycles. The molecule has 0 fully saturated rings. The van der Waals surface area contributed by atoms with Crippen LogP contribution in [0.3, 0.4) is 0 Å². The fourth-order valence-electron chi connectivity index (χ4n) is 3.58. The van der Waals surface area contributed by atoms with Gasteiger partial charge in [0.25, 0.3) is 11.8 Å². The number of nitrogens with one attached hydrogen (secondary N) is 2. The molecule has 0 radical (unpaired) electrons. The van der Waals surface area contributed by atoms with Crippen molar-refractivity contribution in [3.63, 3.8) is 0 Å². The highest BCUT2D eigenvalue weighted by Crippen LogP contribution is 2.29. The third-order valence-electron chi connectivity index (χ3n) is 5.63. The van der Waals surface area contributed by atoms with E-state index in [0.29, 0.717) is 45.3 Å². The summed E-state index contributed by atoms with van der Waals surface area (Å²) < 4.78 is 11.2. The highest BCUT2D eigenvalue weighted by Gasteiger charge is 2.14. The zero-order valence-corrected chi connectivity index (χ0v) is 22.6. The van der Waals surface area contributed by atoms with Crippen LogP contribution in [-0.2, 0) is 0 Å². The van der Waals surface area contributed by atoms with Gasteiger partial charge >= 0.3 is 5.97 Å². The summed E-state index contributed by atoms with van der Waals surface area (Å²) in [6.45, 7) is 4.11. The predicted octanol–water partition coefficient (Wildman–Crippen LogP) is 6.28. The number of hydrazone groups is 1. The summed E-state index contributed by atoms with van der Waals surface area (Å²) in [5.74, 6) is -0.660. The molecule has 2 N–H and O–H groups in total. The maximum atomic E-state index is 12.6. The molecule has 0 aliphatic carbocycles. The number of rotatable bonds is 9. The summed E-state index contributed by atoms with van der Waals surface area (Å²) in [7, 11) is 0. The first-order valence-corrected chi connectivity index (χ1v) is 12.8. The number of halogens is 1. The molecule has 0 saturated heterocycles. The fraction of sp³-hybridized carbons (Fsp3) is 0.0968. The first kappa shape index (κ1) is 28.1. The zero-order valence-electron chi connectivity index (χ0n) is 21.8. The smallest absolute Gasteiger partial charge is 0.343 e. The quantitative estimate of drug-likeness (QED) is 0.109. The van der Waals surface area contributed by atoms with Gasteiger partial charge in [-0.05, 0) is 92.2 Å². The molecule has 2 amide bonds. The number of anilines is 1. The Hall–Kier alpha value is -4.95. The van der Waals surface area contributed by atoms with Crippen molar-refractivity contribution in [1.82, 2.24) is 5.43 Å². The molecule has 0 atom stereocenters. The van der Waals surface area contributed by atoms with Gasteiger partial charge < -0.3 is 14.8 Å². The lowest BCUT2D eigenvalue weighted by Gasteiger charge is -2.11. The van der Waals surface area contributed by atoms with Crippen LogP contribution in [-0.4, -0.2) is 30.6 Å². The Balaban J connectivity index is 1.39. The van der Waals surface area contributed by atoms with Gasteiger partial charge in [0.15, 0.2) is 11.5 Å². The average molecular weight is 556 g/mol. The third kappa shape index (κ3) is 7.55. The highest BCUT2D eigenvalue weighted by atomic mass is 35.5. The first-order valence-electron chi connectivity index (χ1n) is 12.4. The van der Waals surface area contributed by atoms with E-state index in [1.165, 1.54) is 6.21 Å². The van der Waals surface area contributed by atoms with Gasteiger partial charge in [-0.3, -0.25) is 9.59 Å². The Bertz CT molecular complexity index is 1550. The number of ether oxygens (including phenoxy) is 2. The molecule has 4 rings (SSSR count). The fourth-order valence-corrected chi connectivity index (χ4v) is 3.70. The van der Waals surface area contributed by atoms with Crippen LogP contribution in [0.5, 0.6) is 11.5 Å². The minimum Gasteiger partial charge on any atom is -0.490 e. The van der Waals surface area contributed by atoms with Crippen LogP contribution in [0.2, 0.25) is 5.02 Å². The molecule has 0 aromatic heterocycles. The molecule has 8 nitrogen and oxygen atoms in total. The second-order valence-electron chi connectivity index (χ2n) is 8.64. The van der Waals surface area contributed by atoms with Crippen molar-refractivity contribution in [2.24, 2.45) is 5.10 Å². The monoisotopic (exact) mass is 555 g/mol. The Morgan fingerprint density at radius 2 is 1.55 bits per heavy atom. The van der Waals surface area contributed by atoms with E-state index in [9.17, 15) is 14.4 Å². The van der Waals surface area contributed by atoms with Crippen LogP contribution >= 0.6 is 11.6 Å². The molecule has 4 aromatic carbocycles. The Morgan fingerprint density at radius 1 is 0.825 bits per heavy atom. The van der Waals surface area contributed by atoms with Gasteiger partial charge in [-0.15, -0.1) is 0 Å². The van der Waals surface area contributed by atoms with E-state index >= 15 is 0 Å². The third-order valence-corrected chi connectivity index (χ3v) is 5.88. The second kappa shape index (κ2) is 13.2. The van der Waals surface area contributed by atoms with Crippen LogP contribution < -0.4 is 20.2 Å². The van der Waals surface area contributed by atoms with Gasteiger partial charge in [0.05, 0.1) is 18.4 Å². The van der Waals surface area contributed by atoms with Gasteiger partial charge in [0.2, 0.25) is 0 Å². The molecule has 0 spiro atoms. The van der Waals surface area contributed by atoms with Crippen molar-refractivity contribution in [2.75, 3.05) is 11.9 Å². The maximum Gasteiger partial charge on any atom is 0.343 e. The largest absolute Gasteiger partial charge is 0.490 e. The standard InChI is InChI=1S/C31H26ClN3O5/c1-3-39-28-17-21(9-16-27(28)40-31(38)23-10-7-20(2)8-11-23)19-33-35-30(37)24-5-4-6-26(18-24)34-29(36)22-12-14-25(32)15-13-22/h4-19H,3H2,1-2H3,(H,34,36)(H,35,37). The van der Waals surface area contributed by atoms with Crippen LogP contribution in [0.15, 0.2) is 96.1 Å². The maximum absolute atomic E-state index is 12.6. The van der Waals surface area contributed by atoms with E-state index in [0.717, 1.165) is 5.56 Å². The second-order valence-corrected chi connectivity index (χ2v) is 9.07. The van der Waals surface area contributed by atoms with Gasteiger partial charge in [-0.2, -0.15) is 5.10 Å². The average Bonchev–Trinajstić information content (AvgIpc) is 2.95. The molecule has 0 heterocycles. The predicted molar refractivity (Wildman–Crippen MR) is 155 cm³/mol. The van der Waals surface area contributed by atoms with Gasteiger partial charge in [0.1, 0.15) is 0 Å². The summed E-state index contributed by atoms with van der Waals surface area (Å²) in [5, 5.41) is 7.31. The van der Waals surface area contributed by atoms with Crippen molar-refractivity contribution < 1.29 is 23.9 Å². The molecule has 9 heteroatoms. The number of esters is 1. The summed E-state index contributed by atoms with van der Waals surface area (Å²) in [4.78, 5) is 37.6. The Labute approximate surface area is 236 Å². The number of amides is 2. The van der Waals surface area contributed by atoms with Crippen LogP contribution in [0.1, 0.15) is 49.1 Å². The lowest BCUT2D eigenvalue weighted by atomic mass is 10.1. The van der Waals surface area contributed by atoms with E-state index in [4.69, 9.17) is 21.1 Å². The molecule has 202 valence electrons. The van der Waals surface area contributed by atoms with Gasteiger partial charge in [-0.25, -0.2) is 10.2 Å². The topological polar surface area (TPSA) is 106 Å². The summed E-state index contributed by atoms with van der Waals surface area (Å²) in [6.07, 6.45) is 1.44. The van der Waals surface area contributed by atoms with Crippen molar-refractivity contribution >= 4 is 41.3 Å². The van der Waals surface area contributed by atoms with E-state index in [1.807, 2.05) is 26.0 Å². The first-order chi connectivity index (χ1) is 19.3. The molecule has 0 bridgehead atoms. The van der Waals surface area contributed by atoms with E-state index in [1.54, 1.807) is 78.9 Å². The minimum atomic E-state index is -0.499. The summed E-state index contributed by atoms with van der Waals surface area (Å²) in [6, 6.07) is 25.0. The SMILES string of the molecule is CCOc1cc(C=NNC(=O)c2cccc(NC(=O)c3ccc(Cl)cc3)c2)ccc1OC(=O)c1ccc(C)cc1. The summed E-state index contributed by atoms with van der Waals surface area (Å²) >= 11 is 5.87.